The molecule has 1 aromatic rings. The molecule has 98 valence electrons. The molecular formula is C11H17N5O2. The summed E-state index contributed by atoms with van der Waals surface area (Å²) in [7, 11) is 1.71. The van der Waals surface area contributed by atoms with Crippen LogP contribution in [-0.4, -0.2) is 45.1 Å². The number of rotatable bonds is 4. The molecule has 0 spiro atoms. The Kier molecular flexibility index (Phi) is 3.59. The Morgan fingerprint density at radius 1 is 1.61 bits per heavy atom. The number of likely N-dealkylation sites (tertiary alicyclic amines) is 1. The van der Waals surface area contributed by atoms with E-state index in [2.05, 4.69) is 15.5 Å². The minimum atomic E-state index is -0.250. The molecule has 2 rings (SSSR count). The quantitative estimate of drug-likeness (QED) is 0.774. The predicted octanol–water partition coefficient (Wildman–Crippen LogP) is -0.607. The van der Waals surface area contributed by atoms with E-state index in [9.17, 15) is 9.59 Å². The Hall–Kier alpha value is -1.92. The van der Waals surface area contributed by atoms with Crippen molar-refractivity contribution in [1.82, 2.24) is 25.0 Å². The van der Waals surface area contributed by atoms with E-state index < -0.39 is 0 Å². The largest absolute Gasteiger partial charge is 0.348 e. The van der Waals surface area contributed by atoms with Crippen molar-refractivity contribution in [3.05, 3.63) is 12.2 Å². The van der Waals surface area contributed by atoms with Crippen LogP contribution in [0.1, 0.15) is 19.2 Å². The average molecular weight is 251 g/mol. The van der Waals surface area contributed by atoms with E-state index in [1.807, 2.05) is 11.5 Å². The van der Waals surface area contributed by atoms with Crippen LogP contribution in [0.3, 0.4) is 0 Å². The maximum atomic E-state index is 11.9. The zero-order chi connectivity index (χ0) is 13.1. The first-order valence-electron chi connectivity index (χ1n) is 6.00. The van der Waals surface area contributed by atoms with Crippen LogP contribution in [0.25, 0.3) is 0 Å². The third kappa shape index (κ3) is 2.49. The summed E-state index contributed by atoms with van der Waals surface area (Å²) in [5, 5.41) is 10.5. The molecule has 1 saturated heterocycles. The van der Waals surface area contributed by atoms with Crippen LogP contribution < -0.4 is 5.32 Å². The highest BCUT2D eigenvalue weighted by Crippen LogP contribution is 2.15. The van der Waals surface area contributed by atoms with Gasteiger partial charge in [-0.3, -0.25) is 9.59 Å². The first kappa shape index (κ1) is 12.5. The first-order valence-corrected chi connectivity index (χ1v) is 6.00. The van der Waals surface area contributed by atoms with Gasteiger partial charge in [-0.15, -0.1) is 10.2 Å². The van der Waals surface area contributed by atoms with E-state index in [-0.39, 0.29) is 17.7 Å². The summed E-state index contributed by atoms with van der Waals surface area (Å²) in [4.78, 5) is 24.8. The molecule has 2 amide bonds. The second kappa shape index (κ2) is 5.16. The van der Waals surface area contributed by atoms with Crippen molar-refractivity contribution in [2.24, 2.45) is 5.92 Å². The standard InChI is InChI=1S/C11H17N5O2/c1-3-16-7-13-14-9(16)5-12-11(18)8-4-10(17)15(2)6-8/h7-8H,3-6H2,1-2H3,(H,12,18)/t8-/m0/s1. The molecule has 1 aromatic heterocycles. The van der Waals surface area contributed by atoms with Crippen LogP contribution in [0.5, 0.6) is 0 Å². The lowest BCUT2D eigenvalue weighted by Crippen LogP contribution is -2.32. The molecule has 0 bridgehead atoms. The second-order valence-corrected chi connectivity index (χ2v) is 4.43. The van der Waals surface area contributed by atoms with Crippen molar-refractivity contribution in [3.63, 3.8) is 0 Å². The van der Waals surface area contributed by atoms with Gasteiger partial charge in [-0.2, -0.15) is 0 Å². The van der Waals surface area contributed by atoms with Gasteiger partial charge in [0.2, 0.25) is 11.8 Å². The molecule has 1 aliphatic heterocycles. The van der Waals surface area contributed by atoms with Gasteiger partial charge in [0.25, 0.3) is 0 Å². The maximum absolute atomic E-state index is 11.9. The number of hydrogen-bond donors (Lipinski definition) is 1. The molecule has 7 nitrogen and oxygen atoms in total. The fourth-order valence-corrected chi connectivity index (χ4v) is 2.03. The number of amides is 2. The molecule has 0 aromatic carbocycles. The lowest BCUT2D eigenvalue weighted by Gasteiger charge is -2.11. The summed E-state index contributed by atoms with van der Waals surface area (Å²) in [5.74, 6) is 0.397. The zero-order valence-corrected chi connectivity index (χ0v) is 10.6. The van der Waals surface area contributed by atoms with Crippen LogP contribution in [0.2, 0.25) is 0 Å². The lowest BCUT2D eigenvalue weighted by atomic mass is 10.1. The number of aryl methyl sites for hydroxylation is 1. The Bertz CT molecular complexity index is 456. The molecule has 0 radical (unpaired) electrons. The summed E-state index contributed by atoms with van der Waals surface area (Å²) >= 11 is 0. The summed E-state index contributed by atoms with van der Waals surface area (Å²) in [5.41, 5.74) is 0. The van der Waals surface area contributed by atoms with Crippen molar-refractivity contribution >= 4 is 11.8 Å². The third-order valence-electron chi connectivity index (χ3n) is 3.17. The second-order valence-electron chi connectivity index (χ2n) is 4.43. The molecule has 0 unspecified atom stereocenters. The molecule has 0 saturated carbocycles. The van der Waals surface area contributed by atoms with Crippen molar-refractivity contribution in [2.75, 3.05) is 13.6 Å². The number of nitrogens with zero attached hydrogens (tertiary/aromatic N) is 4. The van der Waals surface area contributed by atoms with Crippen LogP contribution in [0.15, 0.2) is 6.33 Å². The third-order valence-corrected chi connectivity index (χ3v) is 3.17. The number of aromatic nitrogens is 3. The van der Waals surface area contributed by atoms with Gasteiger partial charge in [-0.1, -0.05) is 0 Å². The maximum Gasteiger partial charge on any atom is 0.225 e. The SMILES string of the molecule is CCn1cnnc1CNC(=O)[C@H]1CC(=O)N(C)C1. The molecule has 1 N–H and O–H groups in total. The number of nitrogens with one attached hydrogen (secondary N) is 1. The fraction of sp³-hybridized carbons (Fsp3) is 0.636. The zero-order valence-electron chi connectivity index (χ0n) is 10.6. The molecule has 1 atom stereocenters. The summed E-state index contributed by atoms with van der Waals surface area (Å²) in [6.45, 7) is 3.59. The molecule has 2 heterocycles. The Labute approximate surface area is 105 Å². The minimum Gasteiger partial charge on any atom is -0.348 e. The molecule has 0 aliphatic carbocycles. The Morgan fingerprint density at radius 2 is 2.39 bits per heavy atom. The van der Waals surface area contributed by atoms with Gasteiger partial charge in [0.05, 0.1) is 12.5 Å². The minimum absolute atomic E-state index is 0.0203. The molecule has 18 heavy (non-hydrogen) atoms. The lowest BCUT2D eigenvalue weighted by molar-refractivity contribution is -0.128. The van der Waals surface area contributed by atoms with Gasteiger partial charge in [0.15, 0.2) is 5.82 Å². The summed E-state index contributed by atoms with van der Waals surface area (Å²) < 4.78 is 1.87. The van der Waals surface area contributed by atoms with Crippen LogP contribution in [-0.2, 0) is 22.7 Å². The van der Waals surface area contributed by atoms with Crippen molar-refractivity contribution in [1.29, 1.82) is 0 Å². The van der Waals surface area contributed by atoms with Crippen LogP contribution in [0, 0.1) is 5.92 Å². The van der Waals surface area contributed by atoms with Gasteiger partial charge in [-0.05, 0) is 6.92 Å². The average Bonchev–Trinajstić information content (AvgIpc) is 2.93. The highest BCUT2D eigenvalue weighted by Gasteiger charge is 2.31. The summed E-state index contributed by atoms with van der Waals surface area (Å²) in [6.07, 6.45) is 1.93. The summed E-state index contributed by atoms with van der Waals surface area (Å²) in [6, 6.07) is 0. The topological polar surface area (TPSA) is 80.1 Å². The van der Waals surface area contributed by atoms with E-state index >= 15 is 0 Å². The van der Waals surface area contributed by atoms with E-state index in [1.54, 1.807) is 18.3 Å². The van der Waals surface area contributed by atoms with Gasteiger partial charge < -0.3 is 14.8 Å². The van der Waals surface area contributed by atoms with Crippen molar-refractivity contribution in [2.45, 2.75) is 26.4 Å². The van der Waals surface area contributed by atoms with E-state index in [0.29, 0.717) is 19.5 Å². The Balaban J connectivity index is 1.87. The normalized spacial score (nSPS) is 19.3. The number of carbonyl (C=O) groups is 2. The smallest absolute Gasteiger partial charge is 0.225 e. The monoisotopic (exact) mass is 251 g/mol. The number of hydrogen-bond acceptors (Lipinski definition) is 4. The number of carbonyl (C=O) groups excluding carboxylic acids is 2. The van der Waals surface area contributed by atoms with Crippen molar-refractivity contribution < 1.29 is 9.59 Å². The predicted molar refractivity (Wildman–Crippen MR) is 63.3 cm³/mol. The van der Waals surface area contributed by atoms with Crippen LogP contribution >= 0.6 is 0 Å². The highest BCUT2D eigenvalue weighted by molar-refractivity contribution is 5.89. The molecular weight excluding hydrogens is 234 g/mol. The Morgan fingerprint density at radius 3 is 3.00 bits per heavy atom. The molecule has 1 aliphatic rings. The van der Waals surface area contributed by atoms with Gasteiger partial charge in [-0.25, -0.2) is 0 Å². The van der Waals surface area contributed by atoms with E-state index in [0.717, 1.165) is 12.4 Å². The van der Waals surface area contributed by atoms with Crippen molar-refractivity contribution in [3.8, 4) is 0 Å². The van der Waals surface area contributed by atoms with E-state index in [1.165, 1.54) is 0 Å². The highest BCUT2D eigenvalue weighted by atomic mass is 16.2. The first-order chi connectivity index (χ1) is 8.61. The molecule has 1 fully saturated rings. The van der Waals surface area contributed by atoms with Gasteiger partial charge >= 0.3 is 0 Å². The molecule has 7 heteroatoms. The van der Waals surface area contributed by atoms with E-state index in [4.69, 9.17) is 0 Å². The van der Waals surface area contributed by atoms with Crippen LogP contribution in [0.4, 0.5) is 0 Å². The van der Waals surface area contributed by atoms with Gasteiger partial charge in [0, 0.05) is 26.6 Å². The fourth-order valence-electron chi connectivity index (χ4n) is 2.03. The van der Waals surface area contributed by atoms with Gasteiger partial charge in [0.1, 0.15) is 6.33 Å².